The molecule has 8 heteroatoms. The van der Waals surface area contributed by atoms with Crippen LogP contribution in [0.3, 0.4) is 0 Å². The van der Waals surface area contributed by atoms with Crippen molar-refractivity contribution < 1.29 is 17.6 Å². The lowest BCUT2D eigenvalue weighted by Gasteiger charge is -2.37. The minimum atomic E-state index is -3.77. The molecule has 1 fully saturated rings. The molecule has 0 bridgehead atoms. The van der Waals surface area contributed by atoms with Gasteiger partial charge in [-0.25, -0.2) is 12.8 Å². The molecule has 1 saturated heterocycles. The van der Waals surface area contributed by atoms with Gasteiger partial charge in [0.1, 0.15) is 5.82 Å². The lowest BCUT2D eigenvalue weighted by molar-refractivity contribution is -0.123. The zero-order chi connectivity index (χ0) is 21.5. The third-order valence-corrected chi connectivity index (χ3v) is 8.33. The highest BCUT2D eigenvalue weighted by Crippen LogP contribution is 2.36. The summed E-state index contributed by atoms with van der Waals surface area (Å²) in [5.74, 6) is -0.387. The van der Waals surface area contributed by atoms with Gasteiger partial charge in [-0.2, -0.15) is 4.31 Å². The molecule has 5 nitrogen and oxygen atoms in total. The lowest BCUT2D eigenvalue weighted by atomic mass is 9.89. The van der Waals surface area contributed by atoms with Gasteiger partial charge in [0, 0.05) is 31.2 Å². The van der Waals surface area contributed by atoms with Crippen LogP contribution in [-0.2, 0) is 14.8 Å². The number of hydrogen-bond acceptors (Lipinski definition) is 3. The maximum absolute atomic E-state index is 13.4. The van der Waals surface area contributed by atoms with Crippen LogP contribution in [0, 0.1) is 11.7 Å². The zero-order valence-corrected chi connectivity index (χ0v) is 18.3. The predicted molar refractivity (Wildman–Crippen MR) is 115 cm³/mol. The second-order valence-corrected chi connectivity index (χ2v) is 10.3. The number of sulfonamides is 1. The summed E-state index contributed by atoms with van der Waals surface area (Å²) in [5, 5.41) is -0.223. The summed E-state index contributed by atoms with van der Waals surface area (Å²) in [6.07, 6.45) is 1.84. The van der Waals surface area contributed by atoms with Crippen molar-refractivity contribution >= 4 is 33.2 Å². The predicted octanol–water partition coefficient (Wildman–Crippen LogP) is 4.42. The monoisotopic (exact) mass is 450 g/mol. The highest BCUT2D eigenvalue weighted by molar-refractivity contribution is 7.89. The average molecular weight is 451 g/mol. The van der Waals surface area contributed by atoms with Crippen LogP contribution in [0.15, 0.2) is 47.4 Å². The van der Waals surface area contributed by atoms with E-state index in [4.69, 9.17) is 11.6 Å². The summed E-state index contributed by atoms with van der Waals surface area (Å²) in [6, 6.07) is 11.4. The number of rotatable bonds is 3. The molecule has 0 saturated carbocycles. The third-order valence-electron chi connectivity index (χ3n) is 6.14. The number of carbonyl (C=O) groups is 1. The number of hydrogen-bond donors (Lipinski definition) is 0. The molecule has 30 heavy (non-hydrogen) atoms. The molecule has 1 amide bonds. The minimum Gasteiger partial charge on any atom is -0.312 e. The molecule has 160 valence electrons. The Kier molecular flexibility index (Phi) is 5.88. The van der Waals surface area contributed by atoms with E-state index in [1.807, 2.05) is 23.1 Å². The van der Waals surface area contributed by atoms with Gasteiger partial charge in [0.2, 0.25) is 15.9 Å². The van der Waals surface area contributed by atoms with Gasteiger partial charge >= 0.3 is 0 Å². The molecule has 2 aliphatic heterocycles. The van der Waals surface area contributed by atoms with Crippen LogP contribution < -0.4 is 4.90 Å². The Morgan fingerprint density at radius 1 is 1.07 bits per heavy atom. The van der Waals surface area contributed by atoms with E-state index >= 15 is 0 Å². The fourth-order valence-electron chi connectivity index (χ4n) is 4.33. The minimum absolute atomic E-state index is 0.0300. The molecule has 1 unspecified atom stereocenters. The Balaban J connectivity index is 1.46. The van der Waals surface area contributed by atoms with Crippen LogP contribution in [0.4, 0.5) is 10.1 Å². The summed E-state index contributed by atoms with van der Waals surface area (Å²) >= 11 is 5.75. The molecule has 4 rings (SSSR count). The highest BCUT2D eigenvalue weighted by Gasteiger charge is 2.36. The van der Waals surface area contributed by atoms with Gasteiger partial charge in [-0.3, -0.25) is 4.79 Å². The van der Waals surface area contributed by atoms with Gasteiger partial charge in [0.15, 0.2) is 0 Å². The number of para-hydroxylation sites is 1. The average Bonchev–Trinajstić information content (AvgIpc) is 2.76. The van der Waals surface area contributed by atoms with E-state index in [0.717, 1.165) is 24.2 Å². The summed E-state index contributed by atoms with van der Waals surface area (Å²) in [6.45, 7) is 3.36. The Labute approximate surface area is 181 Å². The van der Waals surface area contributed by atoms with E-state index in [1.54, 1.807) is 0 Å². The number of anilines is 1. The molecule has 1 atom stereocenters. The van der Waals surface area contributed by atoms with Crippen LogP contribution in [0.25, 0.3) is 0 Å². The van der Waals surface area contributed by atoms with Gasteiger partial charge in [-0.1, -0.05) is 36.7 Å². The Bertz CT molecular complexity index is 1070. The van der Waals surface area contributed by atoms with Crippen molar-refractivity contribution in [2.45, 2.75) is 37.0 Å². The van der Waals surface area contributed by atoms with Crippen molar-refractivity contribution in [1.82, 2.24) is 4.31 Å². The molecule has 2 aromatic carbocycles. The zero-order valence-electron chi connectivity index (χ0n) is 16.7. The Morgan fingerprint density at radius 3 is 2.47 bits per heavy atom. The quantitative estimate of drug-likeness (QED) is 0.695. The van der Waals surface area contributed by atoms with Gasteiger partial charge < -0.3 is 4.90 Å². The van der Waals surface area contributed by atoms with Gasteiger partial charge in [0.05, 0.1) is 9.92 Å². The molecule has 0 aromatic heterocycles. The molecular formula is C22H24ClFN2O3S. The van der Waals surface area contributed by atoms with Crippen molar-refractivity contribution in [3.63, 3.8) is 0 Å². The summed E-state index contributed by atoms with van der Waals surface area (Å²) < 4.78 is 40.5. The molecule has 2 aromatic rings. The number of halogens is 2. The molecular weight excluding hydrogens is 427 g/mol. The van der Waals surface area contributed by atoms with E-state index < -0.39 is 15.8 Å². The first-order chi connectivity index (χ1) is 14.3. The van der Waals surface area contributed by atoms with Gasteiger partial charge in [-0.05, 0) is 55.0 Å². The van der Waals surface area contributed by atoms with Crippen molar-refractivity contribution in [3.05, 3.63) is 58.9 Å². The van der Waals surface area contributed by atoms with E-state index in [2.05, 4.69) is 13.0 Å². The lowest BCUT2D eigenvalue weighted by Crippen LogP contribution is -2.46. The molecule has 2 aliphatic rings. The van der Waals surface area contributed by atoms with Gasteiger partial charge in [-0.15, -0.1) is 0 Å². The second-order valence-electron chi connectivity index (χ2n) is 7.99. The van der Waals surface area contributed by atoms with E-state index in [-0.39, 0.29) is 34.8 Å². The van der Waals surface area contributed by atoms with E-state index in [0.29, 0.717) is 25.3 Å². The van der Waals surface area contributed by atoms with Gasteiger partial charge in [0.25, 0.3) is 0 Å². The summed E-state index contributed by atoms with van der Waals surface area (Å²) in [7, 11) is -3.77. The largest absolute Gasteiger partial charge is 0.312 e. The number of amides is 1. The van der Waals surface area contributed by atoms with Crippen molar-refractivity contribution in [2.24, 2.45) is 5.92 Å². The Hall–Kier alpha value is -1.96. The summed E-state index contributed by atoms with van der Waals surface area (Å²) in [4.78, 5) is 15.1. The highest BCUT2D eigenvalue weighted by atomic mass is 35.5. The second kappa shape index (κ2) is 8.29. The van der Waals surface area contributed by atoms with Crippen molar-refractivity contribution in [2.75, 3.05) is 24.5 Å². The fraction of sp³-hybridized carbons (Fsp3) is 0.409. The van der Waals surface area contributed by atoms with Crippen molar-refractivity contribution in [3.8, 4) is 0 Å². The van der Waals surface area contributed by atoms with Crippen LogP contribution in [-0.4, -0.2) is 38.3 Å². The number of benzene rings is 2. The standard InChI is InChI=1S/C22H24ClFN2O3S/c1-15-8-13-26(21-5-3-2-4-18(15)21)22(27)16-9-11-25(12-10-16)30(28,29)17-6-7-20(24)19(23)14-17/h2-7,14-16H,8-13H2,1H3. The van der Waals surface area contributed by atoms with Crippen LogP contribution in [0.2, 0.25) is 5.02 Å². The maximum atomic E-state index is 13.4. The molecule has 0 radical (unpaired) electrons. The molecule has 0 N–H and O–H groups in total. The smallest absolute Gasteiger partial charge is 0.243 e. The first kappa shape index (κ1) is 21.3. The SMILES string of the molecule is CC1CCN(C(=O)C2CCN(S(=O)(=O)c3ccc(F)c(Cl)c3)CC2)c2ccccc21. The number of piperidine rings is 1. The Morgan fingerprint density at radius 2 is 1.77 bits per heavy atom. The van der Waals surface area contributed by atoms with E-state index in [1.165, 1.54) is 15.9 Å². The molecule has 2 heterocycles. The fourth-order valence-corrected chi connectivity index (χ4v) is 6.07. The topological polar surface area (TPSA) is 57.7 Å². The number of carbonyl (C=O) groups excluding carboxylic acids is 1. The third kappa shape index (κ3) is 3.86. The summed E-state index contributed by atoms with van der Waals surface area (Å²) in [5.41, 5.74) is 2.16. The normalized spacial score (nSPS) is 20.8. The first-order valence-electron chi connectivity index (χ1n) is 10.1. The molecule has 0 spiro atoms. The van der Waals surface area contributed by atoms with Crippen LogP contribution in [0.1, 0.15) is 37.7 Å². The number of nitrogens with zero attached hydrogens (tertiary/aromatic N) is 2. The van der Waals surface area contributed by atoms with E-state index in [9.17, 15) is 17.6 Å². The first-order valence-corrected chi connectivity index (χ1v) is 12.0. The van der Waals surface area contributed by atoms with Crippen molar-refractivity contribution in [1.29, 1.82) is 0 Å². The van der Waals surface area contributed by atoms with Crippen LogP contribution in [0.5, 0.6) is 0 Å². The maximum Gasteiger partial charge on any atom is 0.243 e. The molecule has 0 aliphatic carbocycles. The number of fused-ring (bicyclic) bond motifs is 1. The van der Waals surface area contributed by atoms with Crippen LogP contribution >= 0.6 is 11.6 Å².